The third-order valence-electron chi connectivity index (χ3n) is 6.55. The summed E-state index contributed by atoms with van der Waals surface area (Å²) in [6.45, 7) is 1.69. The fourth-order valence-electron chi connectivity index (χ4n) is 4.82. The fourth-order valence-corrected chi connectivity index (χ4v) is 6.73. The van der Waals surface area contributed by atoms with Gasteiger partial charge in [0.15, 0.2) is 17.3 Å². The molecule has 0 unspecified atom stereocenters. The van der Waals surface area contributed by atoms with Gasteiger partial charge in [-0.2, -0.15) is 16.8 Å². The standard InChI is InChI=1S/C30H20O8S2/c1-18-15-23-27(25(16-18)38-40(35,36)21-12-6-3-7-13-21)22-17-19-9-8-14-24(26(19)30(32)28(22)29(23)31)37-39(33,34)20-10-4-2-5-11-20/h2-17,32H,1H3. The molecule has 0 saturated carbocycles. The van der Waals surface area contributed by atoms with Gasteiger partial charge in [0.25, 0.3) is 0 Å². The number of hydrogen-bond donors (Lipinski definition) is 1. The number of rotatable bonds is 6. The maximum Gasteiger partial charge on any atom is 0.339 e. The van der Waals surface area contributed by atoms with E-state index in [9.17, 15) is 26.7 Å². The summed E-state index contributed by atoms with van der Waals surface area (Å²) in [5.74, 6) is -1.27. The SMILES string of the molecule is Cc1cc(OS(=O)(=O)c2ccccc2)c2c(c1)C(=O)c1c-2cc2cccc(OS(=O)(=O)c3ccccc3)c2c1O. The number of hydrogen-bond acceptors (Lipinski definition) is 8. The lowest BCUT2D eigenvalue weighted by atomic mass is 9.98. The Bertz CT molecular complexity index is 2050. The maximum atomic E-state index is 13.6. The minimum absolute atomic E-state index is 0.0259. The highest BCUT2D eigenvalue weighted by atomic mass is 32.2. The molecule has 200 valence electrons. The van der Waals surface area contributed by atoms with Crippen LogP contribution in [0.15, 0.2) is 107 Å². The van der Waals surface area contributed by atoms with Gasteiger partial charge in [-0.15, -0.1) is 0 Å². The molecule has 5 aromatic rings. The summed E-state index contributed by atoms with van der Waals surface area (Å²) in [4.78, 5) is 13.5. The van der Waals surface area contributed by atoms with Crippen LogP contribution in [0.4, 0.5) is 0 Å². The monoisotopic (exact) mass is 572 g/mol. The first-order valence-corrected chi connectivity index (χ1v) is 14.9. The average Bonchev–Trinajstić information content (AvgIpc) is 3.21. The van der Waals surface area contributed by atoms with Crippen LogP contribution in [-0.4, -0.2) is 27.7 Å². The Morgan fingerprint density at radius 2 is 1.20 bits per heavy atom. The molecular formula is C30H20O8S2. The number of benzene rings is 5. The van der Waals surface area contributed by atoms with Crippen molar-refractivity contribution in [3.8, 4) is 28.4 Å². The van der Waals surface area contributed by atoms with E-state index in [0.717, 1.165) is 0 Å². The lowest BCUT2D eigenvalue weighted by molar-refractivity contribution is 0.104. The van der Waals surface area contributed by atoms with Crippen LogP contribution >= 0.6 is 0 Å². The van der Waals surface area contributed by atoms with E-state index < -0.39 is 31.8 Å². The Morgan fingerprint density at radius 1 is 0.625 bits per heavy atom. The third kappa shape index (κ3) is 4.18. The molecule has 6 rings (SSSR count). The first-order valence-electron chi connectivity index (χ1n) is 12.0. The molecule has 0 saturated heterocycles. The predicted molar refractivity (Wildman–Crippen MR) is 148 cm³/mol. The molecule has 0 atom stereocenters. The molecule has 1 aliphatic carbocycles. The summed E-state index contributed by atoms with van der Waals surface area (Å²) in [6, 6.07) is 24.4. The summed E-state index contributed by atoms with van der Waals surface area (Å²) >= 11 is 0. The zero-order valence-electron chi connectivity index (χ0n) is 20.9. The minimum atomic E-state index is -4.24. The molecule has 1 aliphatic rings. The Balaban J connectivity index is 1.52. The first kappa shape index (κ1) is 25.6. The van der Waals surface area contributed by atoms with E-state index >= 15 is 0 Å². The van der Waals surface area contributed by atoms with E-state index in [-0.39, 0.29) is 48.9 Å². The number of aryl methyl sites for hydroxylation is 1. The van der Waals surface area contributed by atoms with Crippen LogP contribution < -0.4 is 8.37 Å². The average molecular weight is 573 g/mol. The summed E-state index contributed by atoms with van der Waals surface area (Å²) in [5.41, 5.74) is 1.08. The molecule has 0 heterocycles. The van der Waals surface area contributed by atoms with E-state index in [1.807, 2.05) is 0 Å². The number of ketones is 1. The normalized spacial score (nSPS) is 12.7. The van der Waals surface area contributed by atoms with Crippen LogP contribution in [-0.2, 0) is 20.2 Å². The van der Waals surface area contributed by atoms with Gasteiger partial charge in [0.1, 0.15) is 15.5 Å². The van der Waals surface area contributed by atoms with Crippen LogP contribution in [0.5, 0.6) is 17.2 Å². The molecule has 1 N–H and O–H groups in total. The van der Waals surface area contributed by atoms with Gasteiger partial charge in [-0.05, 0) is 66.4 Å². The second kappa shape index (κ2) is 9.22. The summed E-state index contributed by atoms with van der Waals surface area (Å²) < 4.78 is 62.9. The van der Waals surface area contributed by atoms with E-state index in [2.05, 4.69) is 0 Å². The van der Waals surface area contributed by atoms with Crippen LogP contribution in [0.1, 0.15) is 21.5 Å². The van der Waals surface area contributed by atoms with E-state index in [4.69, 9.17) is 8.37 Å². The predicted octanol–water partition coefficient (Wildman–Crippen LogP) is 5.60. The number of carbonyl (C=O) groups is 1. The largest absolute Gasteiger partial charge is 0.506 e. The highest BCUT2D eigenvalue weighted by Crippen LogP contribution is 2.51. The van der Waals surface area contributed by atoms with Gasteiger partial charge in [-0.3, -0.25) is 4.79 Å². The molecule has 40 heavy (non-hydrogen) atoms. The zero-order chi connectivity index (χ0) is 28.2. The summed E-state index contributed by atoms with van der Waals surface area (Å²) in [6.07, 6.45) is 0. The van der Waals surface area contributed by atoms with Gasteiger partial charge in [0, 0.05) is 16.7 Å². The van der Waals surface area contributed by atoms with Crippen LogP contribution in [0.3, 0.4) is 0 Å². The molecule has 0 fully saturated rings. The number of fused-ring (bicyclic) bond motifs is 4. The van der Waals surface area contributed by atoms with Gasteiger partial charge < -0.3 is 13.5 Å². The van der Waals surface area contributed by atoms with Crippen molar-refractivity contribution >= 4 is 36.8 Å². The van der Waals surface area contributed by atoms with Gasteiger partial charge in [-0.25, -0.2) is 0 Å². The van der Waals surface area contributed by atoms with E-state index in [0.29, 0.717) is 10.9 Å². The van der Waals surface area contributed by atoms with Crippen LogP contribution in [0.25, 0.3) is 21.9 Å². The summed E-state index contributed by atoms with van der Waals surface area (Å²) in [7, 11) is -8.48. The smallest absolute Gasteiger partial charge is 0.339 e. The van der Waals surface area contributed by atoms with E-state index in [1.54, 1.807) is 67.6 Å². The second-order valence-corrected chi connectivity index (χ2v) is 12.3. The van der Waals surface area contributed by atoms with Crippen molar-refractivity contribution in [2.24, 2.45) is 0 Å². The van der Waals surface area contributed by atoms with Crippen LogP contribution in [0, 0.1) is 6.92 Å². The molecule has 8 nitrogen and oxygen atoms in total. The lowest BCUT2D eigenvalue weighted by Crippen LogP contribution is -2.10. The molecule has 0 aliphatic heterocycles. The van der Waals surface area contributed by atoms with Crippen molar-refractivity contribution in [1.29, 1.82) is 0 Å². The molecule has 0 radical (unpaired) electrons. The number of aromatic hydroxyl groups is 1. The highest BCUT2D eigenvalue weighted by Gasteiger charge is 2.36. The lowest BCUT2D eigenvalue weighted by Gasteiger charge is -2.14. The molecule has 0 spiro atoms. The quantitative estimate of drug-likeness (QED) is 0.256. The zero-order valence-corrected chi connectivity index (χ0v) is 22.5. The number of phenolic OH excluding ortho intramolecular Hbond substituents is 1. The molecule has 0 aromatic heterocycles. The minimum Gasteiger partial charge on any atom is -0.506 e. The van der Waals surface area contributed by atoms with Crippen molar-refractivity contribution in [2.45, 2.75) is 16.7 Å². The first-order chi connectivity index (χ1) is 19.1. The van der Waals surface area contributed by atoms with Gasteiger partial charge in [0.05, 0.1) is 10.9 Å². The van der Waals surface area contributed by atoms with Crippen molar-refractivity contribution in [3.05, 3.63) is 114 Å². The molecular weight excluding hydrogens is 552 g/mol. The Labute approximate surface area is 230 Å². The Kier molecular flexibility index (Phi) is 5.90. The molecule has 0 amide bonds. The molecule has 10 heteroatoms. The topological polar surface area (TPSA) is 124 Å². The number of carbonyl (C=O) groups excluding carboxylic acids is 1. The maximum absolute atomic E-state index is 13.6. The fraction of sp³-hybridized carbons (Fsp3) is 0.0333. The van der Waals surface area contributed by atoms with Gasteiger partial charge >= 0.3 is 20.2 Å². The Morgan fingerprint density at radius 3 is 1.80 bits per heavy atom. The van der Waals surface area contributed by atoms with Crippen LogP contribution in [0.2, 0.25) is 0 Å². The van der Waals surface area contributed by atoms with E-state index in [1.165, 1.54) is 36.4 Å². The van der Waals surface area contributed by atoms with Gasteiger partial charge in [-0.1, -0.05) is 48.5 Å². The van der Waals surface area contributed by atoms with Crippen molar-refractivity contribution < 1.29 is 35.1 Å². The van der Waals surface area contributed by atoms with Gasteiger partial charge in [0.2, 0.25) is 0 Å². The number of phenols is 1. The van der Waals surface area contributed by atoms with Crippen molar-refractivity contribution in [2.75, 3.05) is 0 Å². The summed E-state index contributed by atoms with van der Waals surface area (Å²) in [5, 5.41) is 11.8. The van der Waals surface area contributed by atoms with Crippen molar-refractivity contribution in [1.82, 2.24) is 0 Å². The molecule has 5 aromatic carbocycles. The molecule has 0 bridgehead atoms. The Hall–Kier alpha value is -4.67. The highest BCUT2D eigenvalue weighted by molar-refractivity contribution is 7.87. The van der Waals surface area contributed by atoms with Crippen molar-refractivity contribution in [3.63, 3.8) is 0 Å². The third-order valence-corrected chi connectivity index (χ3v) is 9.05. The second-order valence-electron chi connectivity index (χ2n) is 9.22.